The maximum absolute atomic E-state index is 12.6. The smallest absolute Gasteiger partial charge is 0.381 e. The number of carbonyl (C=O) groups excluding carboxylic acids is 1. The Morgan fingerprint density at radius 1 is 1.50 bits per heavy atom. The number of hydrogen-bond acceptors (Lipinski definition) is 3. The van der Waals surface area contributed by atoms with Crippen molar-refractivity contribution < 1.29 is 22.7 Å². The number of hydrogen-bond donors (Lipinski definition) is 1. The highest BCUT2D eigenvalue weighted by atomic mass is 19.4. The molecule has 1 aromatic heterocycles. The van der Waals surface area contributed by atoms with Crippen LogP contribution in [0, 0.1) is 5.92 Å². The maximum atomic E-state index is 12.6. The van der Waals surface area contributed by atoms with Crippen LogP contribution < -0.4 is 5.32 Å². The monoisotopic (exact) mass is 291 g/mol. The molecule has 1 saturated heterocycles. The van der Waals surface area contributed by atoms with Gasteiger partial charge in [0, 0.05) is 32.9 Å². The fraction of sp³-hybridized carbons (Fsp3) is 0.667. The first-order chi connectivity index (χ1) is 9.38. The molecule has 1 aromatic rings. The Morgan fingerprint density at radius 2 is 2.15 bits per heavy atom. The topological polar surface area (TPSA) is 56.2 Å². The molecule has 1 aliphatic rings. The lowest BCUT2D eigenvalue weighted by molar-refractivity contribution is -0.143. The molecule has 1 aliphatic heterocycles. The summed E-state index contributed by atoms with van der Waals surface area (Å²) in [5, 5.41) is 6.22. The molecule has 0 aromatic carbocycles. The van der Waals surface area contributed by atoms with E-state index in [1.54, 1.807) is 0 Å². The lowest BCUT2D eigenvalue weighted by Crippen LogP contribution is -2.32. The summed E-state index contributed by atoms with van der Waals surface area (Å²) >= 11 is 0. The summed E-state index contributed by atoms with van der Waals surface area (Å²) in [4.78, 5) is 11.8. The van der Waals surface area contributed by atoms with E-state index in [0.717, 1.165) is 26.0 Å². The Kier molecular flexibility index (Phi) is 4.32. The maximum Gasteiger partial charge on any atom is 0.433 e. The quantitative estimate of drug-likeness (QED) is 0.920. The second kappa shape index (κ2) is 5.82. The molecule has 8 heteroatoms. The van der Waals surface area contributed by atoms with Crippen LogP contribution in [-0.4, -0.2) is 35.4 Å². The normalized spacial score (nSPS) is 17.2. The van der Waals surface area contributed by atoms with Crippen molar-refractivity contribution >= 4 is 5.91 Å². The van der Waals surface area contributed by atoms with Gasteiger partial charge < -0.3 is 10.1 Å². The molecule has 0 aliphatic carbocycles. The van der Waals surface area contributed by atoms with Crippen molar-refractivity contribution in [3.05, 3.63) is 17.5 Å². The first-order valence-electron chi connectivity index (χ1n) is 6.35. The van der Waals surface area contributed by atoms with Crippen LogP contribution in [0.3, 0.4) is 0 Å². The van der Waals surface area contributed by atoms with Crippen LogP contribution in [0.1, 0.15) is 29.0 Å². The standard InChI is InChI=1S/C12H16F3N3O2/c1-18-10(12(13,14)15)6-9(17-18)11(19)16-7-8-2-4-20-5-3-8/h6,8H,2-5,7H2,1H3,(H,16,19). The number of ether oxygens (including phenoxy) is 1. The van der Waals surface area contributed by atoms with Crippen LogP contribution in [-0.2, 0) is 18.0 Å². The largest absolute Gasteiger partial charge is 0.433 e. The number of carbonyl (C=O) groups is 1. The third kappa shape index (κ3) is 3.50. The summed E-state index contributed by atoms with van der Waals surface area (Å²) in [5.41, 5.74) is -1.15. The second-order valence-electron chi connectivity index (χ2n) is 4.80. The number of amides is 1. The molecule has 0 atom stereocenters. The van der Waals surface area contributed by atoms with Crippen LogP contribution in [0.4, 0.5) is 13.2 Å². The number of aryl methyl sites for hydroxylation is 1. The van der Waals surface area contributed by atoms with E-state index in [1.807, 2.05) is 0 Å². The van der Waals surface area contributed by atoms with Crippen LogP contribution in [0.5, 0.6) is 0 Å². The molecule has 112 valence electrons. The van der Waals surface area contributed by atoms with Gasteiger partial charge in [-0.1, -0.05) is 0 Å². The van der Waals surface area contributed by atoms with E-state index < -0.39 is 17.8 Å². The van der Waals surface area contributed by atoms with E-state index in [-0.39, 0.29) is 5.69 Å². The average Bonchev–Trinajstić information content (AvgIpc) is 2.79. The van der Waals surface area contributed by atoms with Crippen molar-refractivity contribution in [3.8, 4) is 0 Å². The molecule has 2 rings (SSSR count). The Bertz CT molecular complexity index is 479. The van der Waals surface area contributed by atoms with E-state index >= 15 is 0 Å². The van der Waals surface area contributed by atoms with Gasteiger partial charge in [-0.05, 0) is 18.8 Å². The van der Waals surface area contributed by atoms with Crippen molar-refractivity contribution in [2.45, 2.75) is 19.0 Å². The third-order valence-corrected chi connectivity index (χ3v) is 3.30. The molecular weight excluding hydrogens is 275 g/mol. The highest BCUT2D eigenvalue weighted by Gasteiger charge is 2.35. The van der Waals surface area contributed by atoms with Crippen LogP contribution in [0.2, 0.25) is 0 Å². The van der Waals surface area contributed by atoms with Gasteiger partial charge in [0.2, 0.25) is 0 Å². The number of nitrogens with zero attached hydrogens (tertiary/aromatic N) is 2. The highest BCUT2D eigenvalue weighted by molar-refractivity contribution is 5.92. The number of halogens is 3. The SMILES string of the molecule is Cn1nc(C(=O)NCC2CCOCC2)cc1C(F)(F)F. The summed E-state index contributed by atoms with van der Waals surface area (Å²) in [6.45, 7) is 1.74. The van der Waals surface area contributed by atoms with Crippen molar-refractivity contribution in [2.75, 3.05) is 19.8 Å². The molecule has 0 radical (unpaired) electrons. The Morgan fingerprint density at radius 3 is 2.70 bits per heavy atom. The second-order valence-corrected chi connectivity index (χ2v) is 4.80. The van der Waals surface area contributed by atoms with Crippen LogP contribution in [0.15, 0.2) is 6.07 Å². The summed E-state index contributed by atoms with van der Waals surface area (Å²) in [7, 11) is 1.16. The zero-order chi connectivity index (χ0) is 14.8. The molecular formula is C12H16F3N3O2. The third-order valence-electron chi connectivity index (χ3n) is 3.30. The van der Waals surface area contributed by atoms with Gasteiger partial charge in [-0.2, -0.15) is 18.3 Å². The number of aromatic nitrogens is 2. The molecule has 1 fully saturated rings. The van der Waals surface area contributed by atoms with Gasteiger partial charge in [-0.25, -0.2) is 0 Å². The fourth-order valence-corrected chi connectivity index (χ4v) is 2.12. The predicted octanol–water partition coefficient (Wildman–Crippen LogP) is 1.60. The van der Waals surface area contributed by atoms with E-state index in [4.69, 9.17) is 4.74 Å². The highest BCUT2D eigenvalue weighted by Crippen LogP contribution is 2.29. The van der Waals surface area contributed by atoms with Crippen molar-refractivity contribution in [1.82, 2.24) is 15.1 Å². The summed E-state index contributed by atoms with van der Waals surface area (Å²) in [6.07, 6.45) is -2.83. The minimum Gasteiger partial charge on any atom is -0.381 e. The number of nitrogens with one attached hydrogen (secondary N) is 1. The summed E-state index contributed by atoms with van der Waals surface area (Å²) < 4.78 is 43.7. The van der Waals surface area contributed by atoms with Gasteiger partial charge in [0.1, 0.15) is 5.69 Å². The summed E-state index contributed by atoms with van der Waals surface area (Å²) in [6, 6.07) is 0.763. The Balaban J connectivity index is 1.95. The van der Waals surface area contributed by atoms with Crippen LogP contribution >= 0.6 is 0 Å². The van der Waals surface area contributed by atoms with E-state index in [9.17, 15) is 18.0 Å². The number of rotatable bonds is 3. The lowest BCUT2D eigenvalue weighted by atomic mass is 10.0. The fourth-order valence-electron chi connectivity index (χ4n) is 2.12. The average molecular weight is 291 g/mol. The first-order valence-corrected chi connectivity index (χ1v) is 6.35. The molecule has 0 spiro atoms. The molecule has 20 heavy (non-hydrogen) atoms. The molecule has 1 amide bonds. The minimum absolute atomic E-state index is 0.216. The van der Waals surface area contributed by atoms with Crippen molar-refractivity contribution in [3.63, 3.8) is 0 Å². The zero-order valence-electron chi connectivity index (χ0n) is 11.0. The van der Waals surface area contributed by atoms with E-state index in [2.05, 4.69) is 10.4 Å². The molecule has 2 heterocycles. The molecule has 0 bridgehead atoms. The van der Waals surface area contributed by atoms with Gasteiger partial charge >= 0.3 is 6.18 Å². The first kappa shape index (κ1) is 14.8. The van der Waals surface area contributed by atoms with Gasteiger partial charge in [-0.15, -0.1) is 0 Å². The van der Waals surface area contributed by atoms with E-state index in [1.165, 1.54) is 0 Å². The molecule has 1 N–H and O–H groups in total. The van der Waals surface area contributed by atoms with Gasteiger partial charge in [-0.3, -0.25) is 9.48 Å². The van der Waals surface area contributed by atoms with E-state index in [0.29, 0.717) is 30.4 Å². The Labute approximate surface area is 114 Å². The lowest BCUT2D eigenvalue weighted by Gasteiger charge is -2.21. The zero-order valence-corrected chi connectivity index (χ0v) is 11.0. The molecule has 0 saturated carbocycles. The van der Waals surface area contributed by atoms with Gasteiger partial charge in [0.15, 0.2) is 5.69 Å². The van der Waals surface area contributed by atoms with Crippen molar-refractivity contribution in [1.29, 1.82) is 0 Å². The van der Waals surface area contributed by atoms with Gasteiger partial charge in [0.25, 0.3) is 5.91 Å². The van der Waals surface area contributed by atoms with Gasteiger partial charge in [0.05, 0.1) is 0 Å². The molecule has 5 nitrogen and oxygen atoms in total. The van der Waals surface area contributed by atoms with Crippen LogP contribution in [0.25, 0.3) is 0 Å². The summed E-state index contributed by atoms with van der Waals surface area (Å²) in [5.74, 6) is -0.277. The number of alkyl halides is 3. The predicted molar refractivity (Wildman–Crippen MR) is 64.1 cm³/mol. The van der Waals surface area contributed by atoms with Crippen molar-refractivity contribution in [2.24, 2.45) is 13.0 Å². The molecule has 0 unspecified atom stereocenters. The minimum atomic E-state index is -4.51. The Hall–Kier alpha value is -1.57.